The lowest BCUT2D eigenvalue weighted by Gasteiger charge is -2.30. The van der Waals surface area contributed by atoms with Gasteiger partial charge in [-0.3, -0.25) is 4.79 Å². The third-order valence-electron chi connectivity index (χ3n) is 5.34. The zero-order valence-electron chi connectivity index (χ0n) is 15.6. The van der Waals surface area contributed by atoms with Crippen molar-refractivity contribution in [3.63, 3.8) is 0 Å². The lowest BCUT2D eigenvalue weighted by Crippen LogP contribution is -2.37. The van der Waals surface area contributed by atoms with Gasteiger partial charge >= 0.3 is 0 Å². The molecule has 1 saturated carbocycles. The maximum Gasteiger partial charge on any atom is 0.222 e. The third-order valence-corrected chi connectivity index (χ3v) is 5.34. The van der Waals surface area contributed by atoms with Gasteiger partial charge in [0.1, 0.15) is 0 Å². The Bertz CT molecular complexity index is 568. The zero-order valence-corrected chi connectivity index (χ0v) is 15.6. The van der Waals surface area contributed by atoms with E-state index in [0.717, 1.165) is 51.9 Å². The lowest BCUT2D eigenvalue weighted by atomic mass is 10.1. The molecular formula is C20H31N3O2. The molecule has 1 aromatic carbocycles. The van der Waals surface area contributed by atoms with E-state index in [4.69, 9.17) is 4.74 Å². The van der Waals surface area contributed by atoms with E-state index < -0.39 is 0 Å². The molecule has 1 aliphatic heterocycles. The lowest BCUT2D eigenvalue weighted by molar-refractivity contribution is -0.130. The first kappa shape index (κ1) is 18.2. The molecule has 5 nitrogen and oxygen atoms in total. The monoisotopic (exact) mass is 345 g/mol. The van der Waals surface area contributed by atoms with Crippen LogP contribution in [-0.4, -0.2) is 75.2 Å². The van der Waals surface area contributed by atoms with Crippen LogP contribution in [0.5, 0.6) is 0 Å². The minimum atomic E-state index is 0.237. The molecule has 1 amide bonds. The van der Waals surface area contributed by atoms with Gasteiger partial charge in [-0.05, 0) is 37.9 Å². The van der Waals surface area contributed by atoms with Crippen LogP contribution in [0.25, 0.3) is 0 Å². The van der Waals surface area contributed by atoms with Gasteiger partial charge in [0.05, 0.1) is 13.2 Å². The topological polar surface area (TPSA) is 36.0 Å². The highest BCUT2D eigenvalue weighted by molar-refractivity contribution is 5.76. The number of hydrogen-bond acceptors (Lipinski definition) is 4. The van der Waals surface area contributed by atoms with Gasteiger partial charge in [0, 0.05) is 51.4 Å². The average Bonchev–Trinajstić information content (AvgIpc) is 3.50. The number of anilines is 1. The van der Waals surface area contributed by atoms with Crippen molar-refractivity contribution in [1.82, 2.24) is 9.80 Å². The van der Waals surface area contributed by atoms with Crippen molar-refractivity contribution in [3.05, 3.63) is 29.8 Å². The molecule has 25 heavy (non-hydrogen) atoms. The molecule has 1 heterocycles. The second-order valence-corrected chi connectivity index (χ2v) is 7.26. The molecule has 5 heteroatoms. The van der Waals surface area contributed by atoms with E-state index in [0.29, 0.717) is 6.42 Å². The summed E-state index contributed by atoms with van der Waals surface area (Å²) in [4.78, 5) is 19.1. The summed E-state index contributed by atoms with van der Waals surface area (Å²) in [6, 6.07) is 9.22. The molecule has 0 N–H and O–H groups in total. The first-order valence-corrected chi connectivity index (χ1v) is 9.50. The fraction of sp³-hybridized carbons (Fsp3) is 0.650. The zero-order chi connectivity index (χ0) is 17.6. The second kappa shape index (κ2) is 8.68. The van der Waals surface area contributed by atoms with Crippen molar-refractivity contribution in [2.24, 2.45) is 0 Å². The predicted octanol–water partition coefficient (Wildman–Crippen LogP) is 2.01. The van der Waals surface area contributed by atoms with E-state index >= 15 is 0 Å². The van der Waals surface area contributed by atoms with Gasteiger partial charge in [-0.25, -0.2) is 0 Å². The van der Waals surface area contributed by atoms with Crippen LogP contribution in [0.1, 0.15) is 24.8 Å². The Morgan fingerprint density at radius 1 is 1.16 bits per heavy atom. The van der Waals surface area contributed by atoms with Gasteiger partial charge in [-0.2, -0.15) is 0 Å². The van der Waals surface area contributed by atoms with Crippen LogP contribution < -0.4 is 4.90 Å². The summed E-state index contributed by atoms with van der Waals surface area (Å²) in [5.41, 5.74) is 2.52. The largest absolute Gasteiger partial charge is 0.378 e. The fourth-order valence-corrected chi connectivity index (χ4v) is 3.40. The van der Waals surface area contributed by atoms with Crippen LogP contribution in [0.15, 0.2) is 24.3 Å². The summed E-state index contributed by atoms with van der Waals surface area (Å²) in [5.74, 6) is 0.237. The first-order chi connectivity index (χ1) is 12.1. The van der Waals surface area contributed by atoms with Gasteiger partial charge in [-0.15, -0.1) is 0 Å². The number of carbonyl (C=O) groups is 1. The summed E-state index contributed by atoms with van der Waals surface area (Å²) < 4.78 is 5.45. The molecule has 138 valence electrons. The van der Waals surface area contributed by atoms with Crippen molar-refractivity contribution in [2.45, 2.75) is 31.7 Å². The molecule has 3 rings (SSSR count). The highest BCUT2D eigenvalue weighted by Gasteiger charge is 2.26. The quantitative estimate of drug-likeness (QED) is 0.722. The number of morpholine rings is 1. The van der Waals surface area contributed by atoms with E-state index in [1.165, 1.54) is 24.1 Å². The molecule has 0 atom stereocenters. The van der Waals surface area contributed by atoms with Gasteiger partial charge in [0.15, 0.2) is 0 Å². The van der Waals surface area contributed by atoms with E-state index in [9.17, 15) is 4.79 Å². The molecule has 0 radical (unpaired) electrons. The fourth-order valence-electron chi connectivity index (χ4n) is 3.40. The standard InChI is InChI=1S/C20H31N3O2/c1-21(18-8-9-18)11-12-22(2)20(24)10-7-17-5-3-4-6-19(17)23-13-15-25-16-14-23/h3-6,18H,7-16H2,1-2H3. The number of nitrogens with zero attached hydrogens (tertiary/aromatic N) is 3. The molecule has 2 aliphatic rings. The van der Waals surface area contributed by atoms with Crippen molar-refractivity contribution >= 4 is 11.6 Å². The van der Waals surface area contributed by atoms with Crippen LogP contribution in [0.2, 0.25) is 0 Å². The summed E-state index contributed by atoms with van der Waals surface area (Å²) in [6.07, 6.45) is 4.00. The predicted molar refractivity (Wildman–Crippen MR) is 101 cm³/mol. The molecule has 1 aromatic rings. The Hall–Kier alpha value is -1.59. The van der Waals surface area contributed by atoms with Gasteiger partial charge in [-0.1, -0.05) is 18.2 Å². The Labute approximate surface area is 151 Å². The van der Waals surface area contributed by atoms with Crippen LogP contribution in [0.4, 0.5) is 5.69 Å². The normalized spacial score (nSPS) is 17.8. The molecule has 0 spiro atoms. The van der Waals surface area contributed by atoms with E-state index in [1.807, 2.05) is 11.9 Å². The van der Waals surface area contributed by atoms with Gasteiger partial charge in [0.2, 0.25) is 5.91 Å². The average molecular weight is 345 g/mol. The van der Waals surface area contributed by atoms with Crippen LogP contribution >= 0.6 is 0 Å². The second-order valence-electron chi connectivity index (χ2n) is 7.26. The Morgan fingerprint density at radius 2 is 1.88 bits per heavy atom. The summed E-state index contributed by atoms with van der Waals surface area (Å²) in [5, 5.41) is 0. The van der Waals surface area contributed by atoms with Gasteiger partial charge < -0.3 is 19.4 Å². The van der Waals surface area contributed by atoms with Crippen molar-refractivity contribution in [1.29, 1.82) is 0 Å². The van der Waals surface area contributed by atoms with E-state index in [1.54, 1.807) is 0 Å². The van der Waals surface area contributed by atoms with Crippen molar-refractivity contribution in [2.75, 3.05) is 58.4 Å². The Morgan fingerprint density at radius 3 is 2.60 bits per heavy atom. The molecule has 0 unspecified atom stereocenters. The molecule has 0 bridgehead atoms. The van der Waals surface area contributed by atoms with Crippen molar-refractivity contribution < 1.29 is 9.53 Å². The van der Waals surface area contributed by atoms with Crippen LogP contribution in [0, 0.1) is 0 Å². The number of ether oxygens (including phenoxy) is 1. The maximum atomic E-state index is 12.5. The maximum absolute atomic E-state index is 12.5. The number of aryl methyl sites for hydroxylation is 1. The Kier molecular flexibility index (Phi) is 6.32. The Balaban J connectivity index is 1.49. The van der Waals surface area contributed by atoms with Gasteiger partial charge in [0.25, 0.3) is 0 Å². The highest BCUT2D eigenvalue weighted by Crippen LogP contribution is 2.25. The number of carbonyl (C=O) groups excluding carboxylic acids is 1. The number of amides is 1. The molecule has 1 saturated heterocycles. The SMILES string of the molecule is CN(CCN(C)C1CC1)C(=O)CCc1ccccc1N1CCOCC1. The third kappa shape index (κ3) is 5.19. The summed E-state index contributed by atoms with van der Waals surface area (Å²) >= 11 is 0. The minimum Gasteiger partial charge on any atom is -0.378 e. The number of rotatable bonds is 8. The number of benzene rings is 1. The number of hydrogen-bond donors (Lipinski definition) is 0. The van der Waals surface area contributed by atoms with Crippen molar-refractivity contribution in [3.8, 4) is 0 Å². The molecular weight excluding hydrogens is 314 g/mol. The highest BCUT2D eigenvalue weighted by atomic mass is 16.5. The van der Waals surface area contributed by atoms with E-state index in [-0.39, 0.29) is 5.91 Å². The van der Waals surface area contributed by atoms with E-state index in [2.05, 4.69) is 41.1 Å². The summed E-state index contributed by atoms with van der Waals surface area (Å²) in [6.45, 7) is 5.21. The summed E-state index contributed by atoms with van der Waals surface area (Å²) in [7, 11) is 4.09. The number of para-hydroxylation sites is 1. The molecule has 2 fully saturated rings. The molecule has 1 aliphatic carbocycles. The smallest absolute Gasteiger partial charge is 0.222 e. The van der Waals surface area contributed by atoms with Crippen LogP contribution in [0.3, 0.4) is 0 Å². The number of likely N-dealkylation sites (N-methyl/N-ethyl adjacent to an activating group) is 2. The first-order valence-electron chi connectivity index (χ1n) is 9.50. The minimum absolute atomic E-state index is 0.237. The molecule has 0 aromatic heterocycles. The van der Waals surface area contributed by atoms with Crippen LogP contribution in [-0.2, 0) is 16.0 Å².